The molecule has 0 aliphatic carbocycles. The molecular weight excluding hydrogens is 316 g/mol. The van der Waals surface area contributed by atoms with Gasteiger partial charge in [0.05, 0.1) is 5.56 Å². The number of piperidine rings is 3. The van der Waals surface area contributed by atoms with E-state index in [0.29, 0.717) is 29.3 Å². The fourth-order valence-electron chi connectivity index (χ4n) is 4.75. The molecule has 4 rings (SSSR count). The Hall–Kier alpha value is -2.11. The number of anilines is 1. The maximum absolute atomic E-state index is 12.2. The van der Waals surface area contributed by atoms with Gasteiger partial charge in [-0.2, -0.15) is 0 Å². The van der Waals surface area contributed by atoms with Gasteiger partial charge in [0, 0.05) is 52.4 Å². The lowest BCUT2D eigenvalue weighted by Gasteiger charge is -2.52. The summed E-state index contributed by atoms with van der Waals surface area (Å²) < 4.78 is 0. The monoisotopic (exact) mass is 342 g/mol. The minimum Gasteiger partial charge on any atom is -0.356 e. The number of hydrogen-bond acceptors (Lipinski definition) is 4. The Balaban J connectivity index is 1.50. The first-order chi connectivity index (χ1) is 12.0. The molecule has 3 aliphatic heterocycles. The van der Waals surface area contributed by atoms with Crippen LogP contribution in [0.1, 0.15) is 36.0 Å². The number of pyridine rings is 1. The SMILES string of the molecule is CN(C)C(=O)c1ccc(N2C[C@H]3C[C@H](C2)[C@H]2CCCC(=O)N2C3)nc1. The molecule has 0 saturated carbocycles. The summed E-state index contributed by atoms with van der Waals surface area (Å²) in [6.45, 7) is 2.80. The highest BCUT2D eigenvalue weighted by Crippen LogP contribution is 2.38. The summed E-state index contributed by atoms with van der Waals surface area (Å²) in [4.78, 5) is 34.9. The van der Waals surface area contributed by atoms with E-state index < -0.39 is 0 Å². The predicted octanol–water partition coefficient (Wildman–Crippen LogP) is 1.62. The van der Waals surface area contributed by atoms with Crippen LogP contribution in [0.25, 0.3) is 0 Å². The number of hydrogen-bond donors (Lipinski definition) is 0. The normalized spacial score (nSPS) is 28.6. The Morgan fingerprint density at radius 1 is 1.24 bits per heavy atom. The molecule has 1 aromatic rings. The van der Waals surface area contributed by atoms with Crippen molar-refractivity contribution in [2.24, 2.45) is 11.8 Å². The van der Waals surface area contributed by atoms with E-state index in [1.54, 1.807) is 25.2 Å². The highest BCUT2D eigenvalue weighted by molar-refractivity contribution is 5.93. The largest absolute Gasteiger partial charge is 0.356 e. The van der Waals surface area contributed by atoms with Crippen molar-refractivity contribution in [3.63, 3.8) is 0 Å². The lowest BCUT2D eigenvalue weighted by atomic mass is 9.76. The van der Waals surface area contributed by atoms with Gasteiger partial charge in [0.2, 0.25) is 5.91 Å². The average molecular weight is 342 g/mol. The summed E-state index contributed by atoms with van der Waals surface area (Å²) in [7, 11) is 3.50. The van der Waals surface area contributed by atoms with Gasteiger partial charge in [-0.25, -0.2) is 4.98 Å². The van der Waals surface area contributed by atoms with Crippen molar-refractivity contribution in [3.8, 4) is 0 Å². The van der Waals surface area contributed by atoms with E-state index in [-0.39, 0.29) is 5.91 Å². The van der Waals surface area contributed by atoms with Crippen LogP contribution in [0.2, 0.25) is 0 Å². The summed E-state index contributed by atoms with van der Waals surface area (Å²) in [5.41, 5.74) is 0.620. The minimum atomic E-state index is -0.0223. The first-order valence-electron chi connectivity index (χ1n) is 9.25. The van der Waals surface area contributed by atoms with Crippen LogP contribution in [0.4, 0.5) is 5.82 Å². The minimum absolute atomic E-state index is 0.0223. The topological polar surface area (TPSA) is 56.8 Å². The molecule has 3 fully saturated rings. The molecule has 0 N–H and O–H groups in total. The molecule has 0 aromatic carbocycles. The molecule has 2 amide bonds. The van der Waals surface area contributed by atoms with Crippen molar-refractivity contribution in [2.75, 3.05) is 38.6 Å². The number of amides is 2. The quantitative estimate of drug-likeness (QED) is 0.820. The molecule has 134 valence electrons. The molecule has 3 aliphatic rings. The fraction of sp³-hybridized carbons (Fsp3) is 0.632. The highest BCUT2D eigenvalue weighted by atomic mass is 16.2. The summed E-state index contributed by atoms with van der Waals surface area (Å²) in [6.07, 6.45) is 5.80. The lowest BCUT2D eigenvalue weighted by molar-refractivity contribution is -0.142. The Bertz CT molecular complexity index is 673. The molecule has 6 nitrogen and oxygen atoms in total. The van der Waals surface area contributed by atoms with E-state index in [1.807, 2.05) is 12.1 Å². The molecule has 4 heterocycles. The van der Waals surface area contributed by atoms with Crippen molar-refractivity contribution in [1.82, 2.24) is 14.8 Å². The zero-order chi connectivity index (χ0) is 17.6. The highest BCUT2D eigenvalue weighted by Gasteiger charge is 2.44. The standard InChI is InChI=1S/C19H26N4O2/c1-21(2)19(25)14-6-7-17(20-9-14)22-10-13-8-15(12-22)16-4-3-5-18(24)23(16)11-13/h6-7,9,13,15-16H,3-5,8,10-12H2,1-2H3/t13-,15-,16-/m1/s1. The number of rotatable bonds is 2. The summed E-state index contributed by atoms with van der Waals surface area (Å²) >= 11 is 0. The Morgan fingerprint density at radius 3 is 2.80 bits per heavy atom. The summed E-state index contributed by atoms with van der Waals surface area (Å²) in [5.74, 6) is 2.35. The molecule has 3 saturated heterocycles. The Morgan fingerprint density at radius 2 is 2.08 bits per heavy atom. The number of carbonyl (C=O) groups excluding carboxylic acids is 2. The molecule has 0 spiro atoms. The number of fused-ring (bicyclic) bond motifs is 4. The van der Waals surface area contributed by atoms with E-state index in [4.69, 9.17) is 0 Å². The number of nitrogens with zero attached hydrogens (tertiary/aromatic N) is 4. The van der Waals surface area contributed by atoms with E-state index in [9.17, 15) is 9.59 Å². The second kappa shape index (κ2) is 6.32. The van der Waals surface area contributed by atoms with Gasteiger partial charge in [0.25, 0.3) is 5.91 Å². The third-order valence-electron chi connectivity index (χ3n) is 5.90. The number of aromatic nitrogens is 1. The maximum Gasteiger partial charge on any atom is 0.254 e. The van der Waals surface area contributed by atoms with Gasteiger partial charge in [-0.05, 0) is 43.2 Å². The van der Waals surface area contributed by atoms with Crippen molar-refractivity contribution in [1.29, 1.82) is 0 Å². The summed E-state index contributed by atoms with van der Waals surface area (Å²) in [5, 5.41) is 0. The van der Waals surface area contributed by atoms with Gasteiger partial charge in [0.15, 0.2) is 0 Å². The molecular formula is C19H26N4O2. The third-order valence-corrected chi connectivity index (χ3v) is 5.90. The van der Waals surface area contributed by atoms with Crippen LogP contribution in [0.3, 0.4) is 0 Å². The van der Waals surface area contributed by atoms with Crippen molar-refractivity contribution < 1.29 is 9.59 Å². The molecule has 6 heteroatoms. The van der Waals surface area contributed by atoms with Crippen molar-refractivity contribution in [3.05, 3.63) is 23.9 Å². The van der Waals surface area contributed by atoms with Crippen LogP contribution in [-0.2, 0) is 4.79 Å². The van der Waals surface area contributed by atoms with E-state index in [1.165, 1.54) is 6.42 Å². The van der Waals surface area contributed by atoms with Gasteiger partial charge in [-0.3, -0.25) is 9.59 Å². The van der Waals surface area contributed by atoms with Gasteiger partial charge in [0.1, 0.15) is 5.82 Å². The van der Waals surface area contributed by atoms with Crippen LogP contribution in [0.5, 0.6) is 0 Å². The predicted molar refractivity (Wildman–Crippen MR) is 95.4 cm³/mol. The third kappa shape index (κ3) is 2.98. The van der Waals surface area contributed by atoms with Crippen LogP contribution in [-0.4, -0.2) is 66.4 Å². The lowest BCUT2D eigenvalue weighted by Crippen LogP contribution is -2.60. The van der Waals surface area contributed by atoms with Crippen molar-refractivity contribution in [2.45, 2.75) is 31.7 Å². The summed E-state index contributed by atoms with van der Waals surface area (Å²) in [6, 6.07) is 4.24. The zero-order valence-electron chi connectivity index (χ0n) is 15.0. The molecule has 1 aromatic heterocycles. The Labute approximate surface area is 148 Å². The average Bonchev–Trinajstić information content (AvgIpc) is 2.62. The van der Waals surface area contributed by atoms with Crippen LogP contribution in [0.15, 0.2) is 18.3 Å². The fourth-order valence-corrected chi connectivity index (χ4v) is 4.75. The second-order valence-electron chi connectivity index (χ2n) is 7.88. The smallest absolute Gasteiger partial charge is 0.254 e. The van der Waals surface area contributed by atoms with E-state index in [0.717, 1.165) is 44.7 Å². The van der Waals surface area contributed by atoms with Crippen LogP contribution >= 0.6 is 0 Å². The van der Waals surface area contributed by atoms with E-state index >= 15 is 0 Å². The second-order valence-corrected chi connectivity index (χ2v) is 7.88. The number of carbonyl (C=O) groups is 2. The first-order valence-corrected chi connectivity index (χ1v) is 9.25. The molecule has 25 heavy (non-hydrogen) atoms. The van der Waals surface area contributed by atoms with Gasteiger partial charge < -0.3 is 14.7 Å². The Kier molecular flexibility index (Phi) is 4.13. The van der Waals surface area contributed by atoms with Gasteiger partial charge in [-0.1, -0.05) is 0 Å². The van der Waals surface area contributed by atoms with Gasteiger partial charge >= 0.3 is 0 Å². The van der Waals surface area contributed by atoms with Crippen LogP contribution in [0, 0.1) is 11.8 Å². The maximum atomic E-state index is 12.2. The first kappa shape index (κ1) is 16.4. The van der Waals surface area contributed by atoms with Crippen LogP contribution < -0.4 is 4.90 Å². The molecule has 3 atom stereocenters. The molecule has 0 unspecified atom stereocenters. The van der Waals surface area contributed by atoms with E-state index in [2.05, 4.69) is 14.8 Å². The zero-order valence-corrected chi connectivity index (χ0v) is 15.0. The van der Waals surface area contributed by atoms with Gasteiger partial charge in [-0.15, -0.1) is 0 Å². The van der Waals surface area contributed by atoms with Crippen molar-refractivity contribution >= 4 is 17.6 Å². The molecule has 2 bridgehead atoms. The molecule has 0 radical (unpaired) electrons.